The Kier molecular flexibility index (Phi) is 7.81. The molecule has 0 spiro atoms. The average molecular weight is 434 g/mol. The van der Waals surface area contributed by atoms with E-state index >= 15 is 0 Å². The second-order valence-corrected chi connectivity index (χ2v) is 8.27. The lowest BCUT2D eigenvalue weighted by molar-refractivity contribution is -0.132. The Morgan fingerprint density at radius 1 is 1.03 bits per heavy atom. The number of anilines is 1. The number of aryl methyl sites for hydroxylation is 1. The molecule has 2 amide bonds. The van der Waals surface area contributed by atoms with E-state index in [4.69, 9.17) is 0 Å². The van der Waals surface area contributed by atoms with Gasteiger partial charge in [-0.1, -0.05) is 53.7 Å². The maximum atomic E-state index is 12.7. The Hall–Kier alpha value is -2.45. The largest absolute Gasteiger partial charge is 0.340 e. The van der Waals surface area contributed by atoms with Gasteiger partial charge in [-0.3, -0.25) is 14.5 Å². The van der Waals surface area contributed by atoms with E-state index in [1.54, 1.807) is 24.3 Å². The van der Waals surface area contributed by atoms with Crippen molar-refractivity contribution in [1.82, 2.24) is 9.80 Å². The maximum absolute atomic E-state index is 12.7. The highest BCUT2D eigenvalue weighted by Crippen LogP contribution is 2.31. The number of nitrogens with zero attached hydrogens (tertiary/aromatic N) is 2. The van der Waals surface area contributed by atoms with Crippen molar-refractivity contribution in [2.24, 2.45) is 0 Å². The number of hydrogen-bond donors (Lipinski definition) is 1. The van der Waals surface area contributed by atoms with E-state index in [9.17, 15) is 18.4 Å². The van der Waals surface area contributed by atoms with E-state index in [1.807, 2.05) is 41.0 Å². The minimum Gasteiger partial charge on any atom is -0.340 e. The molecule has 1 saturated heterocycles. The summed E-state index contributed by atoms with van der Waals surface area (Å²) in [5.74, 6) is -2.72. The van der Waals surface area contributed by atoms with Gasteiger partial charge < -0.3 is 10.2 Å². The van der Waals surface area contributed by atoms with E-state index in [0.717, 1.165) is 11.1 Å². The molecular weight excluding hydrogens is 408 g/mol. The fourth-order valence-electron chi connectivity index (χ4n) is 3.31. The van der Waals surface area contributed by atoms with E-state index in [1.165, 1.54) is 0 Å². The van der Waals surface area contributed by atoms with Crippen molar-refractivity contribution in [3.8, 4) is 0 Å². The summed E-state index contributed by atoms with van der Waals surface area (Å²) in [7, 11) is 0. The zero-order valence-corrected chi connectivity index (χ0v) is 17.6. The van der Waals surface area contributed by atoms with E-state index in [0.29, 0.717) is 54.9 Å². The number of carbonyl (C=O) groups is 2. The predicted octanol–water partition coefficient (Wildman–Crippen LogP) is 3.64. The number of piperazine rings is 1. The molecule has 30 heavy (non-hydrogen) atoms. The van der Waals surface area contributed by atoms with Crippen LogP contribution in [0.1, 0.15) is 11.1 Å². The van der Waals surface area contributed by atoms with Gasteiger partial charge in [-0.05, 0) is 24.6 Å². The molecule has 0 atom stereocenters. The van der Waals surface area contributed by atoms with Crippen molar-refractivity contribution in [3.63, 3.8) is 0 Å². The quantitative estimate of drug-likeness (QED) is 0.678. The Morgan fingerprint density at radius 2 is 1.70 bits per heavy atom. The molecule has 2 aromatic rings. The monoisotopic (exact) mass is 433 g/mol. The lowest BCUT2D eigenvalue weighted by Crippen LogP contribution is -2.50. The first-order chi connectivity index (χ1) is 14.4. The van der Waals surface area contributed by atoms with Gasteiger partial charge in [0.25, 0.3) is 5.76 Å². The van der Waals surface area contributed by atoms with Crippen molar-refractivity contribution in [2.45, 2.75) is 24.0 Å². The predicted molar refractivity (Wildman–Crippen MR) is 115 cm³/mol. The van der Waals surface area contributed by atoms with Gasteiger partial charge in [0.05, 0.1) is 18.7 Å². The van der Waals surface area contributed by atoms with Gasteiger partial charge in [-0.2, -0.15) is 8.78 Å². The van der Waals surface area contributed by atoms with E-state index < -0.39 is 5.76 Å². The second-order valence-electron chi connectivity index (χ2n) is 7.24. The third-order valence-electron chi connectivity index (χ3n) is 4.95. The summed E-state index contributed by atoms with van der Waals surface area (Å²) in [6.45, 7) is 4.50. The van der Waals surface area contributed by atoms with Gasteiger partial charge >= 0.3 is 0 Å². The fraction of sp³-hybridized carbons (Fsp3) is 0.364. The van der Waals surface area contributed by atoms with Crippen LogP contribution in [-0.2, 0) is 16.0 Å². The smallest absolute Gasteiger partial charge is 0.288 e. The van der Waals surface area contributed by atoms with Gasteiger partial charge in [0, 0.05) is 31.1 Å². The third-order valence-corrected chi connectivity index (χ3v) is 5.73. The van der Waals surface area contributed by atoms with Crippen LogP contribution in [0.2, 0.25) is 0 Å². The van der Waals surface area contributed by atoms with Crippen LogP contribution in [0.5, 0.6) is 0 Å². The summed E-state index contributed by atoms with van der Waals surface area (Å²) in [5.41, 5.74) is 2.54. The molecule has 160 valence electrons. The third kappa shape index (κ3) is 6.53. The Labute approximate surface area is 179 Å². The van der Waals surface area contributed by atoms with Crippen LogP contribution in [0.15, 0.2) is 53.4 Å². The molecular formula is C22H25F2N3O2S. The molecule has 8 heteroatoms. The molecule has 0 aromatic heterocycles. The zero-order valence-electron chi connectivity index (χ0n) is 16.8. The van der Waals surface area contributed by atoms with Crippen LogP contribution in [-0.4, -0.2) is 60.1 Å². The number of amides is 2. The van der Waals surface area contributed by atoms with Crippen LogP contribution in [0.25, 0.3) is 0 Å². The molecule has 1 aliphatic heterocycles. The average Bonchev–Trinajstić information content (AvgIpc) is 2.71. The molecule has 0 saturated carbocycles. The number of rotatable bonds is 7. The number of para-hydroxylation sites is 1. The maximum Gasteiger partial charge on any atom is 0.288 e. The fourth-order valence-corrected chi connectivity index (χ4v) is 3.90. The van der Waals surface area contributed by atoms with Crippen molar-refractivity contribution >= 4 is 29.3 Å². The molecule has 5 nitrogen and oxygen atoms in total. The number of nitrogens with one attached hydrogen (secondary N) is 1. The lowest BCUT2D eigenvalue weighted by atomic mass is 10.1. The summed E-state index contributed by atoms with van der Waals surface area (Å²) >= 11 is 0.412. The van der Waals surface area contributed by atoms with Crippen LogP contribution in [0.3, 0.4) is 0 Å². The molecule has 0 aliphatic carbocycles. The molecule has 0 bridgehead atoms. The number of alkyl halides is 2. The van der Waals surface area contributed by atoms with Crippen molar-refractivity contribution in [3.05, 3.63) is 59.7 Å². The number of thioether (sulfide) groups is 1. The molecule has 0 unspecified atom stereocenters. The Morgan fingerprint density at radius 3 is 2.37 bits per heavy atom. The number of carbonyl (C=O) groups excluding carboxylic acids is 2. The molecule has 2 aromatic carbocycles. The van der Waals surface area contributed by atoms with Crippen molar-refractivity contribution < 1.29 is 18.4 Å². The molecule has 1 heterocycles. The van der Waals surface area contributed by atoms with E-state index in [-0.39, 0.29) is 18.4 Å². The molecule has 1 N–H and O–H groups in total. The summed E-state index contributed by atoms with van der Waals surface area (Å²) in [6.07, 6.45) is 0.374. The van der Waals surface area contributed by atoms with Gasteiger partial charge in [-0.25, -0.2) is 0 Å². The van der Waals surface area contributed by atoms with Gasteiger partial charge in [0.2, 0.25) is 11.8 Å². The molecule has 1 fully saturated rings. The summed E-state index contributed by atoms with van der Waals surface area (Å²) in [5, 5.41) is 2.72. The highest BCUT2D eigenvalue weighted by molar-refractivity contribution is 7.99. The molecule has 0 radical (unpaired) electrons. The van der Waals surface area contributed by atoms with Crippen LogP contribution >= 0.6 is 11.8 Å². The first-order valence-corrected chi connectivity index (χ1v) is 10.7. The standard InChI is InChI=1S/C22H25F2N3O2S/c1-16-6-8-17(9-7-16)14-21(29)27-12-10-26(11-13-27)15-20(28)25-18-4-2-3-5-19(18)30-22(23)24/h2-9,22H,10-15H2,1H3,(H,25,28). The van der Waals surface area contributed by atoms with Gasteiger partial charge in [0.15, 0.2) is 0 Å². The first kappa shape index (κ1) is 22.2. The summed E-state index contributed by atoms with van der Waals surface area (Å²) in [6, 6.07) is 14.5. The Bertz CT molecular complexity index is 869. The second kappa shape index (κ2) is 10.5. The minimum atomic E-state index is -2.55. The zero-order chi connectivity index (χ0) is 21.5. The first-order valence-electron chi connectivity index (χ1n) is 9.80. The topological polar surface area (TPSA) is 52.7 Å². The summed E-state index contributed by atoms with van der Waals surface area (Å²) < 4.78 is 25.4. The molecule has 3 rings (SSSR count). The molecule has 1 aliphatic rings. The van der Waals surface area contributed by atoms with E-state index in [2.05, 4.69) is 5.32 Å². The highest BCUT2D eigenvalue weighted by atomic mass is 32.2. The number of hydrogen-bond acceptors (Lipinski definition) is 4. The number of benzene rings is 2. The minimum absolute atomic E-state index is 0.0842. The lowest BCUT2D eigenvalue weighted by Gasteiger charge is -2.34. The van der Waals surface area contributed by atoms with Crippen LogP contribution in [0, 0.1) is 6.92 Å². The van der Waals surface area contributed by atoms with Crippen molar-refractivity contribution in [1.29, 1.82) is 0 Å². The van der Waals surface area contributed by atoms with Crippen LogP contribution < -0.4 is 5.32 Å². The Balaban J connectivity index is 1.46. The van der Waals surface area contributed by atoms with Crippen molar-refractivity contribution in [2.75, 3.05) is 38.0 Å². The highest BCUT2D eigenvalue weighted by Gasteiger charge is 2.23. The van der Waals surface area contributed by atoms with Gasteiger partial charge in [0.1, 0.15) is 0 Å². The summed E-state index contributed by atoms with van der Waals surface area (Å²) in [4.78, 5) is 29.0. The number of halogens is 2. The van der Waals surface area contributed by atoms with Crippen LogP contribution in [0.4, 0.5) is 14.5 Å². The SMILES string of the molecule is Cc1ccc(CC(=O)N2CCN(CC(=O)Nc3ccccc3SC(F)F)CC2)cc1. The normalized spacial score (nSPS) is 14.7. The van der Waals surface area contributed by atoms with Gasteiger partial charge in [-0.15, -0.1) is 0 Å².